The summed E-state index contributed by atoms with van der Waals surface area (Å²) in [6.45, 7) is 1.39. The van der Waals surface area contributed by atoms with E-state index < -0.39 is 0 Å². The summed E-state index contributed by atoms with van der Waals surface area (Å²) in [5.74, 6) is -0.379. The molecule has 0 saturated carbocycles. The number of aromatic nitrogens is 3. The van der Waals surface area contributed by atoms with Gasteiger partial charge in [-0.1, -0.05) is 18.2 Å². The second-order valence-corrected chi connectivity index (χ2v) is 4.19. The van der Waals surface area contributed by atoms with Crippen LogP contribution in [0.5, 0.6) is 0 Å². The van der Waals surface area contributed by atoms with Crippen molar-refractivity contribution in [2.45, 2.75) is 13.5 Å². The summed E-state index contributed by atoms with van der Waals surface area (Å²) in [5, 5.41) is 5.02. The van der Waals surface area contributed by atoms with Crippen molar-refractivity contribution in [1.29, 1.82) is 0 Å². The van der Waals surface area contributed by atoms with Gasteiger partial charge in [0.15, 0.2) is 0 Å². The zero-order chi connectivity index (χ0) is 13.4. The maximum absolute atomic E-state index is 11.9. The van der Waals surface area contributed by atoms with Gasteiger partial charge in [-0.25, -0.2) is 4.79 Å². The number of rotatable bonds is 2. The zero-order valence-electron chi connectivity index (χ0n) is 10.2. The number of nitrogens with one attached hydrogen (secondary N) is 1. The normalized spacial score (nSPS) is 11.0. The molecule has 96 valence electrons. The number of benzene rings is 1. The number of H-pyrrole nitrogens is 1. The van der Waals surface area contributed by atoms with Crippen LogP contribution >= 0.6 is 0 Å². The SMILES string of the molecule is CC(=O)OCc1cc2c3ccccc3[nH]c(=O)n2n1. The van der Waals surface area contributed by atoms with E-state index in [4.69, 9.17) is 4.74 Å². The maximum atomic E-state index is 11.9. The van der Waals surface area contributed by atoms with Crippen molar-refractivity contribution in [3.63, 3.8) is 0 Å². The number of fused-ring (bicyclic) bond motifs is 3. The largest absolute Gasteiger partial charge is 0.459 e. The summed E-state index contributed by atoms with van der Waals surface area (Å²) in [7, 11) is 0. The predicted molar refractivity (Wildman–Crippen MR) is 68.8 cm³/mol. The fourth-order valence-corrected chi connectivity index (χ4v) is 2.01. The van der Waals surface area contributed by atoms with Crippen LogP contribution in [0.4, 0.5) is 0 Å². The van der Waals surface area contributed by atoms with E-state index in [2.05, 4.69) is 10.1 Å². The Labute approximate surface area is 107 Å². The average Bonchev–Trinajstić information content (AvgIpc) is 2.81. The average molecular weight is 257 g/mol. The van der Waals surface area contributed by atoms with Crippen molar-refractivity contribution in [3.8, 4) is 0 Å². The Morgan fingerprint density at radius 1 is 1.42 bits per heavy atom. The second-order valence-electron chi connectivity index (χ2n) is 4.19. The van der Waals surface area contributed by atoms with E-state index in [1.807, 2.05) is 24.3 Å². The molecule has 3 rings (SSSR count). The molecule has 2 aromatic heterocycles. The molecule has 0 amide bonds. The minimum absolute atomic E-state index is 0.0603. The predicted octanol–water partition coefficient (Wildman–Crippen LogP) is 1.24. The van der Waals surface area contributed by atoms with Crippen LogP contribution in [0, 0.1) is 0 Å². The van der Waals surface area contributed by atoms with Crippen molar-refractivity contribution in [3.05, 3.63) is 46.5 Å². The van der Waals surface area contributed by atoms with Crippen LogP contribution in [0.15, 0.2) is 35.1 Å². The number of carbonyl (C=O) groups is 1. The lowest BCUT2D eigenvalue weighted by molar-refractivity contribution is -0.142. The fraction of sp³-hybridized carbons (Fsp3) is 0.154. The Kier molecular flexibility index (Phi) is 2.56. The van der Waals surface area contributed by atoms with Gasteiger partial charge in [0.1, 0.15) is 12.3 Å². The molecule has 3 aromatic rings. The number of hydrogen-bond acceptors (Lipinski definition) is 4. The van der Waals surface area contributed by atoms with Gasteiger partial charge in [-0.05, 0) is 12.1 Å². The Balaban J connectivity index is 2.21. The van der Waals surface area contributed by atoms with E-state index >= 15 is 0 Å². The quantitative estimate of drug-likeness (QED) is 0.701. The van der Waals surface area contributed by atoms with Gasteiger partial charge >= 0.3 is 11.7 Å². The van der Waals surface area contributed by atoms with Gasteiger partial charge in [-0.15, -0.1) is 0 Å². The number of hydrogen-bond donors (Lipinski definition) is 1. The molecule has 0 aliphatic heterocycles. The molecule has 0 unspecified atom stereocenters. The molecule has 19 heavy (non-hydrogen) atoms. The molecule has 0 aliphatic carbocycles. The monoisotopic (exact) mass is 257 g/mol. The van der Waals surface area contributed by atoms with Crippen molar-refractivity contribution >= 4 is 22.4 Å². The first-order valence-corrected chi connectivity index (χ1v) is 5.78. The van der Waals surface area contributed by atoms with Crippen molar-refractivity contribution in [2.75, 3.05) is 0 Å². The Morgan fingerprint density at radius 2 is 2.21 bits per heavy atom. The standard InChI is InChI=1S/C13H11N3O3/c1-8(17)19-7-9-6-12-10-4-2-3-5-11(10)14-13(18)16(12)15-9/h2-6H,7H2,1H3,(H,14,18). The number of nitrogens with zero attached hydrogens (tertiary/aromatic N) is 2. The summed E-state index contributed by atoms with van der Waals surface area (Å²) >= 11 is 0. The lowest BCUT2D eigenvalue weighted by Crippen LogP contribution is -2.17. The molecular weight excluding hydrogens is 246 g/mol. The molecule has 0 atom stereocenters. The lowest BCUT2D eigenvalue weighted by atomic mass is 10.2. The minimum Gasteiger partial charge on any atom is -0.459 e. The number of esters is 1. The van der Waals surface area contributed by atoms with Crippen LogP contribution in [-0.2, 0) is 16.1 Å². The van der Waals surface area contributed by atoms with Gasteiger partial charge in [-0.2, -0.15) is 9.61 Å². The third-order valence-electron chi connectivity index (χ3n) is 2.82. The Morgan fingerprint density at radius 3 is 3.00 bits per heavy atom. The van der Waals surface area contributed by atoms with Gasteiger partial charge in [0, 0.05) is 12.3 Å². The summed E-state index contributed by atoms with van der Waals surface area (Å²) < 4.78 is 6.16. The van der Waals surface area contributed by atoms with Crippen molar-refractivity contribution in [1.82, 2.24) is 14.6 Å². The number of carbonyl (C=O) groups excluding carboxylic acids is 1. The first kappa shape index (κ1) is 11.5. The highest BCUT2D eigenvalue weighted by atomic mass is 16.5. The molecule has 1 aromatic carbocycles. The molecule has 0 fully saturated rings. The topological polar surface area (TPSA) is 76.5 Å². The molecule has 0 radical (unpaired) electrons. The third kappa shape index (κ3) is 1.97. The fourth-order valence-electron chi connectivity index (χ4n) is 2.01. The van der Waals surface area contributed by atoms with E-state index in [9.17, 15) is 9.59 Å². The number of ether oxygens (including phenoxy) is 1. The highest BCUT2D eigenvalue weighted by molar-refractivity contribution is 5.93. The van der Waals surface area contributed by atoms with Gasteiger partial charge in [0.05, 0.1) is 11.0 Å². The van der Waals surface area contributed by atoms with Crippen LogP contribution in [0.25, 0.3) is 16.4 Å². The zero-order valence-corrected chi connectivity index (χ0v) is 10.2. The lowest BCUT2D eigenvalue weighted by Gasteiger charge is -1.98. The van der Waals surface area contributed by atoms with E-state index in [-0.39, 0.29) is 18.3 Å². The summed E-state index contributed by atoms with van der Waals surface area (Å²) in [6, 6.07) is 9.22. The smallest absolute Gasteiger partial charge is 0.347 e. The van der Waals surface area contributed by atoms with Crippen LogP contribution in [-0.4, -0.2) is 20.6 Å². The molecule has 0 spiro atoms. The molecule has 0 bridgehead atoms. The van der Waals surface area contributed by atoms with Gasteiger partial charge in [-0.3, -0.25) is 4.79 Å². The van der Waals surface area contributed by atoms with E-state index in [0.717, 1.165) is 10.9 Å². The van der Waals surface area contributed by atoms with Crippen LogP contribution in [0.3, 0.4) is 0 Å². The van der Waals surface area contributed by atoms with Crippen LogP contribution in [0.1, 0.15) is 12.6 Å². The van der Waals surface area contributed by atoms with E-state index in [0.29, 0.717) is 11.2 Å². The van der Waals surface area contributed by atoms with Crippen LogP contribution in [0.2, 0.25) is 0 Å². The molecule has 6 nitrogen and oxygen atoms in total. The van der Waals surface area contributed by atoms with Gasteiger partial charge < -0.3 is 9.72 Å². The van der Waals surface area contributed by atoms with Gasteiger partial charge in [0.2, 0.25) is 0 Å². The highest BCUT2D eigenvalue weighted by Crippen LogP contribution is 2.17. The van der Waals surface area contributed by atoms with Crippen molar-refractivity contribution < 1.29 is 9.53 Å². The van der Waals surface area contributed by atoms with Gasteiger partial charge in [0.25, 0.3) is 0 Å². The number of aromatic amines is 1. The Hall–Kier alpha value is -2.63. The third-order valence-corrected chi connectivity index (χ3v) is 2.82. The molecule has 2 heterocycles. The first-order chi connectivity index (χ1) is 9.15. The van der Waals surface area contributed by atoms with Crippen molar-refractivity contribution in [2.24, 2.45) is 0 Å². The molecule has 0 aliphatic rings. The van der Waals surface area contributed by atoms with Crippen LogP contribution < -0.4 is 5.69 Å². The molecule has 0 saturated heterocycles. The summed E-state index contributed by atoms with van der Waals surface area (Å²) in [4.78, 5) is 25.4. The molecule has 6 heteroatoms. The first-order valence-electron chi connectivity index (χ1n) is 5.78. The highest BCUT2D eigenvalue weighted by Gasteiger charge is 2.09. The van der Waals surface area contributed by atoms with E-state index in [1.54, 1.807) is 6.07 Å². The molecule has 1 N–H and O–H groups in total. The van der Waals surface area contributed by atoms with E-state index in [1.165, 1.54) is 11.4 Å². The summed E-state index contributed by atoms with van der Waals surface area (Å²) in [5.41, 5.74) is 1.67. The Bertz CT molecular complexity index is 832. The maximum Gasteiger partial charge on any atom is 0.347 e. The minimum atomic E-state index is -0.379. The second kappa shape index (κ2) is 4.24. The number of para-hydroxylation sites is 1. The summed E-state index contributed by atoms with van der Waals surface area (Å²) in [6.07, 6.45) is 0. The molecular formula is C13H11N3O3.